The van der Waals surface area contributed by atoms with Crippen LogP contribution in [0, 0.1) is 0 Å². The molecule has 0 aliphatic rings. The lowest BCUT2D eigenvalue weighted by atomic mass is 10.1. The number of rotatable bonds is 7. The molecule has 0 N–H and O–H groups in total. The van der Waals surface area contributed by atoms with Crippen LogP contribution >= 0.6 is 0 Å². The van der Waals surface area contributed by atoms with Crippen LogP contribution in [0.3, 0.4) is 0 Å². The van der Waals surface area contributed by atoms with Crippen molar-refractivity contribution < 1.29 is 31.5 Å². The van der Waals surface area contributed by atoms with Crippen molar-refractivity contribution in [3.05, 3.63) is 35.9 Å². The summed E-state index contributed by atoms with van der Waals surface area (Å²) in [6.45, 7) is -0.445. The monoisotopic (exact) mass is 310 g/mol. The van der Waals surface area contributed by atoms with Gasteiger partial charge in [-0.15, -0.1) is 0 Å². The molecule has 7 heteroatoms. The highest BCUT2D eigenvalue weighted by Gasteiger charge is 2.56. The molecule has 2 nitrogen and oxygen atoms in total. The zero-order valence-corrected chi connectivity index (χ0v) is 11.1. The van der Waals surface area contributed by atoms with Crippen LogP contribution < -0.4 is 0 Å². The van der Waals surface area contributed by atoms with Crippen LogP contribution in [0.4, 0.5) is 22.0 Å². The van der Waals surface area contributed by atoms with Gasteiger partial charge >= 0.3 is 18.1 Å². The zero-order chi connectivity index (χ0) is 15.9. The Morgan fingerprint density at radius 2 is 1.67 bits per heavy atom. The average molecular weight is 310 g/mol. The molecule has 0 saturated carbocycles. The van der Waals surface area contributed by atoms with E-state index in [9.17, 15) is 26.7 Å². The minimum Gasteiger partial charge on any atom is -0.466 e. The third kappa shape index (κ3) is 6.10. The molecule has 0 amide bonds. The van der Waals surface area contributed by atoms with E-state index in [0.29, 0.717) is 6.42 Å². The summed E-state index contributed by atoms with van der Waals surface area (Å²) in [7, 11) is 0. The van der Waals surface area contributed by atoms with Gasteiger partial charge in [0.1, 0.15) is 0 Å². The van der Waals surface area contributed by atoms with Crippen LogP contribution in [0.15, 0.2) is 30.3 Å². The molecule has 0 heterocycles. The van der Waals surface area contributed by atoms with Crippen LogP contribution in [-0.2, 0) is 16.0 Å². The van der Waals surface area contributed by atoms with E-state index in [4.69, 9.17) is 0 Å². The number of aryl methyl sites for hydroxylation is 1. The molecular weight excluding hydrogens is 295 g/mol. The predicted molar refractivity (Wildman–Crippen MR) is 66.0 cm³/mol. The minimum absolute atomic E-state index is 0.0552. The first-order valence-corrected chi connectivity index (χ1v) is 6.36. The number of esters is 1. The second-order valence-corrected chi connectivity index (χ2v) is 4.51. The van der Waals surface area contributed by atoms with Crippen molar-refractivity contribution in [3.8, 4) is 0 Å². The van der Waals surface area contributed by atoms with Crippen molar-refractivity contribution >= 4 is 5.97 Å². The number of carbonyl (C=O) groups is 1. The van der Waals surface area contributed by atoms with Crippen molar-refractivity contribution in [3.63, 3.8) is 0 Å². The smallest absolute Gasteiger partial charge is 0.453 e. The molecule has 0 radical (unpaired) electrons. The van der Waals surface area contributed by atoms with E-state index in [1.54, 1.807) is 12.1 Å². The van der Waals surface area contributed by atoms with Gasteiger partial charge in [0.05, 0.1) is 6.61 Å². The maximum atomic E-state index is 12.6. The van der Waals surface area contributed by atoms with Crippen LogP contribution in [-0.4, -0.2) is 24.7 Å². The molecule has 0 spiro atoms. The van der Waals surface area contributed by atoms with Crippen molar-refractivity contribution in [2.45, 2.75) is 37.8 Å². The van der Waals surface area contributed by atoms with Crippen molar-refractivity contribution in [1.29, 1.82) is 0 Å². The standard InChI is InChI=1S/C14H15F5O2/c15-13(16,14(17,18)19)9-4-10-21-12(20)8-7-11-5-2-1-3-6-11/h1-3,5-6H,4,7-10H2. The zero-order valence-electron chi connectivity index (χ0n) is 11.1. The van der Waals surface area contributed by atoms with E-state index >= 15 is 0 Å². The number of carbonyl (C=O) groups excluding carboxylic acids is 1. The first-order valence-electron chi connectivity index (χ1n) is 6.36. The molecule has 0 saturated heterocycles. The summed E-state index contributed by atoms with van der Waals surface area (Å²) in [5.74, 6) is -5.36. The summed E-state index contributed by atoms with van der Waals surface area (Å²) in [6, 6.07) is 9.07. The molecule has 0 bridgehead atoms. The van der Waals surface area contributed by atoms with E-state index in [2.05, 4.69) is 4.74 Å². The second-order valence-electron chi connectivity index (χ2n) is 4.51. The Bertz CT molecular complexity index is 442. The Morgan fingerprint density at radius 3 is 2.24 bits per heavy atom. The predicted octanol–water partition coefficient (Wildman–Crippen LogP) is 4.14. The molecule has 1 aromatic carbocycles. The summed E-state index contributed by atoms with van der Waals surface area (Å²) in [5, 5.41) is 0. The van der Waals surface area contributed by atoms with Crippen molar-refractivity contribution in [2.75, 3.05) is 6.61 Å². The molecule has 21 heavy (non-hydrogen) atoms. The fourth-order valence-electron chi connectivity index (χ4n) is 1.59. The molecule has 1 aromatic rings. The first kappa shape index (κ1) is 17.4. The minimum atomic E-state index is -5.57. The van der Waals surface area contributed by atoms with Gasteiger partial charge in [-0.3, -0.25) is 4.79 Å². The van der Waals surface area contributed by atoms with Gasteiger partial charge in [-0.05, 0) is 18.4 Å². The molecular formula is C14H15F5O2. The number of hydrogen-bond donors (Lipinski definition) is 0. The van der Waals surface area contributed by atoms with Crippen LogP contribution in [0.25, 0.3) is 0 Å². The van der Waals surface area contributed by atoms with Gasteiger partial charge in [0.25, 0.3) is 0 Å². The Morgan fingerprint density at radius 1 is 1.05 bits per heavy atom. The lowest BCUT2D eigenvalue weighted by molar-refractivity contribution is -0.285. The molecule has 0 atom stereocenters. The van der Waals surface area contributed by atoms with Gasteiger partial charge < -0.3 is 4.74 Å². The van der Waals surface area contributed by atoms with Crippen LogP contribution in [0.1, 0.15) is 24.8 Å². The summed E-state index contributed by atoms with van der Waals surface area (Å²) in [5.41, 5.74) is 0.915. The number of hydrogen-bond acceptors (Lipinski definition) is 2. The second kappa shape index (κ2) is 7.38. The maximum absolute atomic E-state index is 12.6. The Labute approximate surface area is 118 Å². The number of benzene rings is 1. The summed E-state index contributed by atoms with van der Waals surface area (Å²) < 4.78 is 65.4. The number of ether oxygens (including phenoxy) is 1. The van der Waals surface area contributed by atoms with E-state index in [0.717, 1.165) is 5.56 Å². The fourth-order valence-corrected chi connectivity index (χ4v) is 1.59. The molecule has 118 valence electrons. The van der Waals surface area contributed by atoms with Crippen LogP contribution in [0.5, 0.6) is 0 Å². The lowest BCUT2D eigenvalue weighted by Crippen LogP contribution is -2.36. The Hall–Kier alpha value is -1.66. The summed E-state index contributed by atoms with van der Waals surface area (Å²) >= 11 is 0. The molecule has 0 aromatic heterocycles. The van der Waals surface area contributed by atoms with Gasteiger partial charge in [-0.1, -0.05) is 30.3 Å². The summed E-state index contributed by atoms with van der Waals surface area (Å²) in [6.07, 6.45) is -7.01. The largest absolute Gasteiger partial charge is 0.466 e. The van der Waals surface area contributed by atoms with Gasteiger partial charge in [-0.2, -0.15) is 22.0 Å². The highest BCUT2D eigenvalue weighted by molar-refractivity contribution is 5.69. The first-order chi connectivity index (χ1) is 9.72. The topological polar surface area (TPSA) is 26.3 Å². The van der Waals surface area contributed by atoms with Crippen molar-refractivity contribution in [1.82, 2.24) is 0 Å². The molecule has 1 rings (SSSR count). The number of halogens is 5. The van der Waals surface area contributed by atoms with Crippen molar-refractivity contribution in [2.24, 2.45) is 0 Å². The fraction of sp³-hybridized carbons (Fsp3) is 0.500. The lowest BCUT2D eigenvalue weighted by Gasteiger charge is -2.19. The van der Waals surface area contributed by atoms with Gasteiger partial charge in [-0.25, -0.2) is 0 Å². The highest BCUT2D eigenvalue weighted by Crippen LogP contribution is 2.38. The quantitative estimate of drug-likeness (QED) is 0.430. The van der Waals surface area contributed by atoms with E-state index in [1.165, 1.54) is 0 Å². The van der Waals surface area contributed by atoms with Gasteiger partial charge in [0.2, 0.25) is 0 Å². The molecule has 0 aliphatic heterocycles. The normalized spacial score (nSPS) is 12.2. The Balaban J connectivity index is 2.20. The van der Waals surface area contributed by atoms with E-state index < -0.39 is 37.5 Å². The highest BCUT2D eigenvalue weighted by atomic mass is 19.4. The third-order valence-corrected chi connectivity index (χ3v) is 2.77. The van der Waals surface area contributed by atoms with E-state index in [1.807, 2.05) is 18.2 Å². The Kier molecular flexibility index (Phi) is 6.11. The van der Waals surface area contributed by atoms with Gasteiger partial charge in [0.15, 0.2) is 0 Å². The molecule has 0 unspecified atom stereocenters. The average Bonchev–Trinajstić information content (AvgIpc) is 2.41. The van der Waals surface area contributed by atoms with Crippen LogP contribution in [0.2, 0.25) is 0 Å². The molecule has 0 fully saturated rings. The SMILES string of the molecule is O=C(CCc1ccccc1)OCCCC(F)(F)C(F)(F)F. The van der Waals surface area contributed by atoms with E-state index in [-0.39, 0.29) is 6.42 Å². The third-order valence-electron chi connectivity index (χ3n) is 2.77. The molecule has 0 aliphatic carbocycles. The van der Waals surface area contributed by atoms with Gasteiger partial charge in [0, 0.05) is 12.8 Å². The number of alkyl halides is 5. The summed E-state index contributed by atoms with van der Waals surface area (Å²) in [4.78, 5) is 11.3. The maximum Gasteiger partial charge on any atom is 0.453 e.